The van der Waals surface area contributed by atoms with Crippen LogP contribution in [0, 0.1) is 0 Å². The van der Waals surface area contributed by atoms with Crippen LogP contribution in [0.3, 0.4) is 0 Å². The van der Waals surface area contributed by atoms with Gasteiger partial charge in [0.15, 0.2) is 6.10 Å². The first-order valence-corrected chi connectivity index (χ1v) is 3.82. The molecule has 0 aromatic rings. The number of nitrogens with two attached hydrogens (primary N) is 1. The second-order valence-corrected chi connectivity index (χ2v) is 2.75. The van der Waals surface area contributed by atoms with Gasteiger partial charge in [0.05, 0.1) is 6.10 Å². The third-order valence-corrected chi connectivity index (χ3v) is 1.89. The number of carboxylic acid groups (broad SMARTS) is 1. The summed E-state index contributed by atoms with van der Waals surface area (Å²) < 4.78 is 5.17. The number of carbonyl (C=O) groups is 1. The van der Waals surface area contributed by atoms with Gasteiger partial charge in [-0.3, -0.25) is 0 Å². The summed E-state index contributed by atoms with van der Waals surface area (Å²) in [4.78, 5) is 10.5. The lowest BCUT2D eigenvalue weighted by Gasteiger charge is -2.26. The van der Waals surface area contributed by atoms with Crippen LogP contribution in [0.4, 0.5) is 0 Å². The minimum atomic E-state index is -0.872. The SMILES string of the molecule is NC[C@@H]1CCC[C@H](C(=O)O)O1. The molecule has 1 heterocycles. The number of hydrogen-bond acceptors (Lipinski definition) is 3. The molecule has 1 saturated heterocycles. The van der Waals surface area contributed by atoms with Crippen LogP contribution in [-0.4, -0.2) is 29.8 Å². The molecule has 0 unspecified atom stereocenters. The Morgan fingerprint density at radius 2 is 2.36 bits per heavy atom. The summed E-state index contributed by atoms with van der Waals surface area (Å²) in [5.41, 5.74) is 5.35. The van der Waals surface area contributed by atoms with Crippen LogP contribution in [0.5, 0.6) is 0 Å². The topological polar surface area (TPSA) is 72.6 Å². The number of hydrogen-bond donors (Lipinski definition) is 2. The highest BCUT2D eigenvalue weighted by Crippen LogP contribution is 2.17. The van der Waals surface area contributed by atoms with E-state index in [1.807, 2.05) is 0 Å². The Morgan fingerprint density at radius 1 is 1.64 bits per heavy atom. The van der Waals surface area contributed by atoms with Crippen LogP contribution in [0.1, 0.15) is 19.3 Å². The molecule has 1 fully saturated rings. The van der Waals surface area contributed by atoms with Gasteiger partial charge in [0.1, 0.15) is 0 Å². The lowest BCUT2D eigenvalue weighted by atomic mass is 10.0. The van der Waals surface area contributed by atoms with Gasteiger partial charge in [0, 0.05) is 6.54 Å². The van der Waals surface area contributed by atoms with Gasteiger partial charge in [0.25, 0.3) is 0 Å². The summed E-state index contributed by atoms with van der Waals surface area (Å²) in [5.74, 6) is -0.872. The highest BCUT2D eigenvalue weighted by atomic mass is 16.5. The lowest BCUT2D eigenvalue weighted by molar-refractivity contribution is -0.158. The molecular formula is C7H13NO3. The van der Waals surface area contributed by atoms with Crippen LogP contribution >= 0.6 is 0 Å². The predicted octanol–water partition coefficient (Wildman–Crippen LogP) is -0.0326. The quantitative estimate of drug-likeness (QED) is 0.593. The van der Waals surface area contributed by atoms with Crippen molar-refractivity contribution >= 4 is 5.97 Å². The minimum absolute atomic E-state index is 0.0511. The molecular weight excluding hydrogens is 146 g/mol. The maximum atomic E-state index is 10.5. The molecule has 3 N–H and O–H groups in total. The van der Waals surface area contributed by atoms with Crippen LogP contribution in [0.15, 0.2) is 0 Å². The van der Waals surface area contributed by atoms with Gasteiger partial charge < -0.3 is 15.6 Å². The van der Waals surface area contributed by atoms with Crippen molar-refractivity contribution in [3.63, 3.8) is 0 Å². The summed E-state index contributed by atoms with van der Waals surface area (Å²) in [5, 5.41) is 8.59. The molecule has 1 rings (SSSR count). The Hall–Kier alpha value is -0.610. The predicted molar refractivity (Wildman–Crippen MR) is 39.2 cm³/mol. The monoisotopic (exact) mass is 159 g/mol. The Balaban J connectivity index is 2.39. The fourth-order valence-electron chi connectivity index (χ4n) is 1.25. The molecule has 2 atom stereocenters. The van der Waals surface area contributed by atoms with Crippen molar-refractivity contribution in [3.8, 4) is 0 Å². The lowest BCUT2D eigenvalue weighted by Crippen LogP contribution is -2.37. The molecule has 0 amide bonds. The maximum Gasteiger partial charge on any atom is 0.332 e. The van der Waals surface area contributed by atoms with Gasteiger partial charge in [-0.05, 0) is 19.3 Å². The molecule has 11 heavy (non-hydrogen) atoms. The van der Waals surface area contributed by atoms with E-state index < -0.39 is 12.1 Å². The van der Waals surface area contributed by atoms with E-state index in [-0.39, 0.29) is 6.10 Å². The van der Waals surface area contributed by atoms with Crippen LogP contribution in [0.2, 0.25) is 0 Å². The fraction of sp³-hybridized carbons (Fsp3) is 0.857. The van der Waals surface area contributed by atoms with Gasteiger partial charge in [-0.25, -0.2) is 4.79 Å². The van der Waals surface area contributed by atoms with E-state index in [4.69, 9.17) is 15.6 Å². The number of aliphatic carboxylic acids is 1. The first-order chi connectivity index (χ1) is 5.24. The van der Waals surface area contributed by atoms with Gasteiger partial charge in [-0.15, -0.1) is 0 Å². The summed E-state index contributed by atoms with van der Waals surface area (Å²) >= 11 is 0. The maximum absolute atomic E-state index is 10.5. The average molecular weight is 159 g/mol. The molecule has 0 radical (unpaired) electrons. The molecule has 0 aromatic heterocycles. The zero-order chi connectivity index (χ0) is 8.27. The molecule has 64 valence electrons. The Bertz CT molecular complexity index is 149. The standard InChI is InChI=1S/C7H13NO3/c8-4-5-2-1-3-6(11-5)7(9)10/h5-6H,1-4,8H2,(H,9,10)/t5-,6+/m0/s1. The molecule has 4 nitrogen and oxygen atoms in total. The highest BCUT2D eigenvalue weighted by molar-refractivity contribution is 5.72. The van der Waals surface area contributed by atoms with Crippen molar-refractivity contribution in [1.82, 2.24) is 0 Å². The van der Waals surface area contributed by atoms with Crippen molar-refractivity contribution in [2.75, 3.05) is 6.54 Å². The van der Waals surface area contributed by atoms with Gasteiger partial charge in [-0.1, -0.05) is 0 Å². The molecule has 0 bridgehead atoms. The van der Waals surface area contributed by atoms with Crippen molar-refractivity contribution < 1.29 is 14.6 Å². The molecule has 0 aromatic carbocycles. The van der Waals surface area contributed by atoms with Crippen molar-refractivity contribution in [3.05, 3.63) is 0 Å². The van der Waals surface area contributed by atoms with Crippen molar-refractivity contribution in [2.24, 2.45) is 5.73 Å². The minimum Gasteiger partial charge on any atom is -0.479 e. The van der Waals surface area contributed by atoms with E-state index in [0.29, 0.717) is 13.0 Å². The van der Waals surface area contributed by atoms with Gasteiger partial charge in [0.2, 0.25) is 0 Å². The first-order valence-electron chi connectivity index (χ1n) is 3.82. The number of ether oxygens (including phenoxy) is 1. The molecule has 1 aliphatic heterocycles. The van der Waals surface area contributed by atoms with Crippen LogP contribution in [0.25, 0.3) is 0 Å². The second kappa shape index (κ2) is 3.69. The van der Waals surface area contributed by atoms with Crippen molar-refractivity contribution in [2.45, 2.75) is 31.5 Å². The normalized spacial score (nSPS) is 31.7. The smallest absolute Gasteiger partial charge is 0.332 e. The van der Waals surface area contributed by atoms with E-state index in [1.165, 1.54) is 0 Å². The summed E-state index contributed by atoms with van der Waals surface area (Å²) in [6.07, 6.45) is 1.73. The Labute approximate surface area is 65.3 Å². The zero-order valence-electron chi connectivity index (χ0n) is 6.32. The Kier molecular flexibility index (Phi) is 2.84. The third kappa shape index (κ3) is 2.17. The third-order valence-electron chi connectivity index (χ3n) is 1.89. The van der Waals surface area contributed by atoms with E-state index >= 15 is 0 Å². The van der Waals surface area contributed by atoms with Gasteiger partial charge >= 0.3 is 5.97 Å². The van der Waals surface area contributed by atoms with Gasteiger partial charge in [-0.2, -0.15) is 0 Å². The number of carboxylic acids is 1. The fourth-order valence-corrected chi connectivity index (χ4v) is 1.25. The van der Waals surface area contributed by atoms with E-state index in [9.17, 15) is 4.79 Å². The summed E-state index contributed by atoms with van der Waals surface area (Å²) in [6.45, 7) is 0.420. The molecule has 0 saturated carbocycles. The highest BCUT2D eigenvalue weighted by Gasteiger charge is 2.26. The number of rotatable bonds is 2. The second-order valence-electron chi connectivity index (χ2n) is 2.75. The van der Waals surface area contributed by atoms with Crippen LogP contribution in [-0.2, 0) is 9.53 Å². The molecule has 1 aliphatic rings. The Morgan fingerprint density at radius 3 is 2.91 bits per heavy atom. The first kappa shape index (κ1) is 8.49. The summed E-state index contributed by atoms with van der Waals surface area (Å²) in [6, 6.07) is 0. The molecule has 4 heteroatoms. The van der Waals surface area contributed by atoms with E-state index in [1.54, 1.807) is 0 Å². The van der Waals surface area contributed by atoms with E-state index in [2.05, 4.69) is 0 Å². The largest absolute Gasteiger partial charge is 0.479 e. The molecule has 0 aliphatic carbocycles. The zero-order valence-corrected chi connectivity index (χ0v) is 6.32. The molecule has 0 spiro atoms. The van der Waals surface area contributed by atoms with Crippen LogP contribution < -0.4 is 5.73 Å². The van der Waals surface area contributed by atoms with Crippen molar-refractivity contribution in [1.29, 1.82) is 0 Å². The summed E-state index contributed by atoms with van der Waals surface area (Å²) in [7, 11) is 0. The average Bonchev–Trinajstić information content (AvgIpc) is 2.05. The van der Waals surface area contributed by atoms with E-state index in [0.717, 1.165) is 12.8 Å².